The summed E-state index contributed by atoms with van der Waals surface area (Å²) in [6, 6.07) is 14.8. The van der Waals surface area contributed by atoms with Crippen molar-refractivity contribution in [3.63, 3.8) is 0 Å². The third-order valence-electron chi connectivity index (χ3n) is 4.49. The van der Waals surface area contributed by atoms with Gasteiger partial charge in [0.15, 0.2) is 0 Å². The molecular weight excluding hydrogens is 432 g/mol. The van der Waals surface area contributed by atoms with Crippen LogP contribution in [0.25, 0.3) is 0 Å². The van der Waals surface area contributed by atoms with Crippen LogP contribution in [0.2, 0.25) is 5.02 Å². The molecule has 0 radical (unpaired) electrons. The molecule has 0 aliphatic carbocycles. The number of anilines is 1. The van der Waals surface area contributed by atoms with Gasteiger partial charge in [-0.2, -0.15) is 0 Å². The lowest BCUT2D eigenvalue weighted by atomic mass is 10.00. The minimum absolute atomic E-state index is 0.207. The average molecular weight is 449 g/mol. The van der Waals surface area contributed by atoms with Crippen molar-refractivity contribution in [2.45, 2.75) is 16.7 Å². The molecule has 4 rings (SSSR count). The van der Waals surface area contributed by atoms with Gasteiger partial charge in [0.1, 0.15) is 9.96 Å². The van der Waals surface area contributed by atoms with Crippen LogP contribution in [0.5, 0.6) is 5.75 Å². The summed E-state index contributed by atoms with van der Waals surface area (Å²) in [5.74, 6) is 0.347. The molecule has 0 saturated carbocycles. The number of para-hydroxylation sites is 1. The van der Waals surface area contributed by atoms with Gasteiger partial charge in [-0.3, -0.25) is 9.52 Å². The highest BCUT2D eigenvalue weighted by Crippen LogP contribution is 2.37. The van der Waals surface area contributed by atoms with Crippen LogP contribution in [0.3, 0.4) is 0 Å². The van der Waals surface area contributed by atoms with Crippen molar-refractivity contribution < 1.29 is 17.9 Å². The van der Waals surface area contributed by atoms with E-state index in [1.807, 2.05) is 12.1 Å². The number of hydrogen-bond acceptors (Lipinski definition) is 5. The zero-order valence-corrected chi connectivity index (χ0v) is 17.5. The van der Waals surface area contributed by atoms with E-state index in [0.717, 1.165) is 16.9 Å². The van der Waals surface area contributed by atoms with E-state index in [2.05, 4.69) is 10.0 Å². The number of rotatable bonds is 5. The Bertz CT molecular complexity index is 1130. The zero-order valence-electron chi connectivity index (χ0n) is 15.1. The summed E-state index contributed by atoms with van der Waals surface area (Å²) < 4.78 is 32.9. The van der Waals surface area contributed by atoms with Crippen LogP contribution in [0.15, 0.2) is 64.2 Å². The van der Waals surface area contributed by atoms with Gasteiger partial charge in [0.2, 0.25) is 0 Å². The Hall–Kier alpha value is -2.55. The van der Waals surface area contributed by atoms with E-state index >= 15 is 0 Å². The van der Waals surface area contributed by atoms with Gasteiger partial charge in [-0.15, -0.1) is 11.3 Å². The molecule has 1 aliphatic rings. The van der Waals surface area contributed by atoms with Crippen LogP contribution in [0.4, 0.5) is 5.69 Å². The first-order valence-electron chi connectivity index (χ1n) is 8.82. The second-order valence-electron chi connectivity index (χ2n) is 6.44. The highest BCUT2D eigenvalue weighted by molar-refractivity contribution is 7.94. The molecule has 0 fully saturated rings. The maximum absolute atomic E-state index is 12.7. The van der Waals surface area contributed by atoms with Gasteiger partial charge < -0.3 is 10.1 Å². The molecule has 2 aromatic carbocycles. The van der Waals surface area contributed by atoms with Gasteiger partial charge in [0.05, 0.1) is 17.7 Å². The molecular formula is C20H17ClN2O4S2. The van der Waals surface area contributed by atoms with Crippen LogP contribution >= 0.6 is 22.9 Å². The lowest BCUT2D eigenvalue weighted by Gasteiger charge is -2.27. The molecule has 1 unspecified atom stereocenters. The topological polar surface area (TPSA) is 84.5 Å². The number of hydrogen-bond donors (Lipinski definition) is 2. The molecule has 0 bridgehead atoms. The fraction of sp³-hybridized carbons (Fsp3) is 0.150. The van der Waals surface area contributed by atoms with E-state index in [0.29, 0.717) is 35.1 Å². The average Bonchev–Trinajstić information content (AvgIpc) is 3.25. The molecule has 29 heavy (non-hydrogen) atoms. The Balaban J connectivity index is 1.46. The SMILES string of the molecule is O=C(NC1CCOc2c(Cl)cccc21)c1ccc(NS(=O)(=O)c2cccs2)cc1. The normalized spacial score (nSPS) is 15.8. The molecule has 1 aromatic heterocycles. The molecule has 1 atom stereocenters. The van der Waals surface area contributed by atoms with Crippen LogP contribution in [-0.4, -0.2) is 20.9 Å². The number of ether oxygens (including phenoxy) is 1. The van der Waals surface area contributed by atoms with E-state index in [1.165, 1.54) is 6.07 Å². The second kappa shape index (κ2) is 8.06. The standard InChI is InChI=1S/C20H17ClN2O4S2/c21-16-4-1-3-15-17(10-11-27-19(15)16)22-20(24)13-6-8-14(9-7-13)23-29(25,26)18-5-2-12-28-18/h1-9,12,17,23H,10-11H2,(H,22,24). The molecule has 0 saturated heterocycles. The minimum atomic E-state index is -3.62. The summed E-state index contributed by atoms with van der Waals surface area (Å²) in [4.78, 5) is 12.7. The van der Waals surface area contributed by atoms with Crippen molar-refractivity contribution in [3.8, 4) is 5.75 Å². The van der Waals surface area contributed by atoms with Crippen molar-refractivity contribution in [2.75, 3.05) is 11.3 Å². The van der Waals surface area contributed by atoms with Crippen LogP contribution < -0.4 is 14.8 Å². The molecule has 150 valence electrons. The van der Waals surface area contributed by atoms with Gasteiger partial charge in [-0.1, -0.05) is 29.8 Å². The molecule has 1 aliphatic heterocycles. The van der Waals surface area contributed by atoms with Gasteiger partial charge in [-0.25, -0.2) is 8.42 Å². The number of carbonyl (C=O) groups excluding carboxylic acids is 1. The number of halogens is 1. The zero-order chi connectivity index (χ0) is 20.4. The fourth-order valence-electron chi connectivity index (χ4n) is 3.09. The Morgan fingerprint density at radius 1 is 1.10 bits per heavy atom. The molecule has 9 heteroatoms. The highest BCUT2D eigenvalue weighted by atomic mass is 35.5. The summed E-state index contributed by atoms with van der Waals surface area (Å²) >= 11 is 7.31. The number of amides is 1. The minimum Gasteiger partial charge on any atom is -0.492 e. The Morgan fingerprint density at radius 3 is 2.62 bits per heavy atom. The van der Waals surface area contributed by atoms with E-state index in [1.54, 1.807) is 41.8 Å². The molecule has 1 amide bonds. The highest BCUT2D eigenvalue weighted by Gasteiger charge is 2.25. The van der Waals surface area contributed by atoms with E-state index in [4.69, 9.17) is 16.3 Å². The van der Waals surface area contributed by atoms with Crippen LogP contribution in [0, 0.1) is 0 Å². The number of benzene rings is 2. The van der Waals surface area contributed by atoms with Gasteiger partial charge in [0, 0.05) is 23.2 Å². The lowest BCUT2D eigenvalue weighted by molar-refractivity contribution is 0.0925. The van der Waals surface area contributed by atoms with E-state index < -0.39 is 10.0 Å². The van der Waals surface area contributed by atoms with Gasteiger partial charge >= 0.3 is 0 Å². The fourth-order valence-corrected chi connectivity index (χ4v) is 5.38. The molecule has 0 spiro atoms. The number of fused-ring (bicyclic) bond motifs is 1. The Labute approximate surface area is 177 Å². The first-order chi connectivity index (χ1) is 13.9. The van der Waals surface area contributed by atoms with Crippen molar-refractivity contribution in [1.82, 2.24) is 5.32 Å². The predicted octanol–water partition coefficient (Wildman–Crippen LogP) is 4.46. The van der Waals surface area contributed by atoms with Crippen LogP contribution in [-0.2, 0) is 10.0 Å². The third kappa shape index (κ3) is 4.24. The quantitative estimate of drug-likeness (QED) is 0.603. The summed E-state index contributed by atoms with van der Waals surface area (Å²) in [6.45, 7) is 0.463. The third-order valence-corrected chi connectivity index (χ3v) is 7.57. The van der Waals surface area contributed by atoms with E-state index in [9.17, 15) is 13.2 Å². The van der Waals surface area contributed by atoms with Gasteiger partial charge in [0.25, 0.3) is 15.9 Å². The number of carbonyl (C=O) groups is 1. The number of nitrogens with one attached hydrogen (secondary N) is 2. The lowest BCUT2D eigenvalue weighted by Crippen LogP contribution is -2.32. The summed E-state index contributed by atoms with van der Waals surface area (Å²) in [5.41, 5.74) is 1.66. The van der Waals surface area contributed by atoms with Crippen molar-refractivity contribution in [1.29, 1.82) is 0 Å². The Kier molecular flexibility index (Phi) is 5.49. The predicted molar refractivity (Wildman–Crippen MR) is 113 cm³/mol. The first-order valence-corrected chi connectivity index (χ1v) is 11.6. The maximum atomic E-state index is 12.7. The van der Waals surface area contributed by atoms with Crippen molar-refractivity contribution in [2.24, 2.45) is 0 Å². The molecule has 3 aromatic rings. The van der Waals surface area contributed by atoms with Crippen molar-refractivity contribution in [3.05, 3.63) is 76.1 Å². The molecule has 6 nitrogen and oxygen atoms in total. The summed E-state index contributed by atoms with van der Waals surface area (Å²) in [7, 11) is -3.62. The number of sulfonamides is 1. The van der Waals surface area contributed by atoms with Crippen molar-refractivity contribution >= 4 is 44.6 Å². The van der Waals surface area contributed by atoms with Gasteiger partial charge in [-0.05, 0) is 41.8 Å². The molecule has 2 N–H and O–H groups in total. The number of thiophene rings is 1. The Morgan fingerprint density at radius 2 is 1.90 bits per heavy atom. The maximum Gasteiger partial charge on any atom is 0.271 e. The summed E-state index contributed by atoms with van der Waals surface area (Å²) in [6.07, 6.45) is 0.637. The summed E-state index contributed by atoms with van der Waals surface area (Å²) in [5, 5.41) is 5.21. The van der Waals surface area contributed by atoms with Crippen LogP contribution in [0.1, 0.15) is 28.4 Å². The second-order valence-corrected chi connectivity index (χ2v) is 9.70. The largest absolute Gasteiger partial charge is 0.492 e. The molecule has 2 heterocycles. The first kappa shape index (κ1) is 19.8. The smallest absolute Gasteiger partial charge is 0.271 e. The van der Waals surface area contributed by atoms with E-state index in [-0.39, 0.29) is 16.2 Å². The monoisotopic (exact) mass is 448 g/mol.